The summed E-state index contributed by atoms with van der Waals surface area (Å²) in [6.45, 7) is 0.809. The number of hydrogen-bond acceptors (Lipinski definition) is 3. The minimum Gasteiger partial charge on any atom is -0.373 e. The van der Waals surface area contributed by atoms with Crippen molar-refractivity contribution in [1.82, 2.24) is 0 Å². The molecule has 2 rings (SSSR count). The van der Waals surface area contributed by atoms with E-state index in [0.717, 1.165) is 19.4 Å². The van der Waals surface area contributed by atoms with Gasteiger partial charge in [-0.1, -0.05) is 6.07 Å². The highest BCUT2D eigenvalue weighted by Crippen LogP contribution is 2.29. The standard InChI is InChI=1S/C9H13NOS/c10-7-3-4-11-8(6-7)9-2-1-5-12-9/h1-2,5,7-8H,3-4,6,10H2/t7-,8-/m0/s1. The van der Waals surface area contributed by atoms with Crippen LogP contribution in [0.3, 0.4) is 0 Å². The van der Waals surface area contributed by atoms with Gasteiger partial charge in [-0.05, 0) is 24.3 Å². The summed E-state index contributed by atoms with van der Waals surface area (Å²) in [7, 11) is 0. The first kappa shape index (κ1) is 8.23. The van der Waals surface area contributed by atoms with Crippen molar-refractivity contribution in [2.75, 3.05) is 6.61 Å². The van der Waals surface area contributed by atoms with E-state index in [1.807, 2.05) is 0 Å². The Morgan fingerprint density at radius 3 is 3.17 bits per heavy atom. The Bertz CT molecular complexity index is 235. The molecule has 2 atom stereocenters. The van der Waals surface area contributed by atoms with Gasteiger partial charge in [0.05, 0.1) is 6.10 Å². The number of nitrogens with two attached hydrogens (primary N) is 1. The van der Waals surface area contributed by atoms with E-state index in [0.29, 0.717) is 6.04 Å². The SMILES string of the molecule is N[C@H]1CCO[C@H](c2cccs2)C1. The molecule has 0 amide bonds. The molecule has 0 aliphatic carbocycles. The molecule has 66 valence electrons. The highest BCUT2D eigenvalue weighted by atomic mass is 32.1. The first-order valence-electron chi connectivity index (χ1n) is 4.27. The topological polar surface area (TPSA) is 35.2 Å². The highest BCUT2D eigenvalue weighted by molar-refractivity contribution is 7.10. The number of ether oxygens (including phenoxy) is 1. The summed E-state index contributed by atoms with van der Waals surface area (Å²) >= 11 is 1.75. The van der Waals surface area contributed by atoms with E-state index in [-0.39, 0.29) is 6.10 Å². The van der Waals surface area contributed by atoms with Gasteiger partial charge in [-0.15, -0.1) is 11.3 Å². The third-order valence-electron chi connectivity index (χ3n) is 2.19. The summed E-state index contributed by atoms with van der Waals surface area (Å²) in [5.41, 5.74) is 5.86. The molecule has 0 saturated carbocycles. The monoisotopic (exact) mass is 183 g/mol. The minimum absolute atomic E-state index is 0.258. The molecule has 1 aromatic rings. The predicted molar refractivity (Wildman–Crippen MR) is 50.2 cm³/mol. The maximum absolute atomic E-state index is 5.86. The Balaban J connectivity index is 2.04. The molecule has 0 unspecified atom stereocenters. The van der Waals surface area contributed by atoms with Gasteiger partial charge in [0, 0.05) is 17.5 Å². The van der Waals surface area contributed by atoms with Crippen LogP contribution in [0.15, 0.2) is 17.5 Å². The molecule has 1 saturated heterocycles. The normalized spacial score (nSPS) is 30.4. The highest BCUT2D eigenvalue weighted by Gasteiger charge is 2.21. The fourth-order valence-electron chi connectivity index (χ4n) is 1.50. The van der Waals surface area contributed by atoms with Gasteiger partial charge in [0.1, 0.15) is 0 Å². The van der Waals surface area contributed by atoms with Crippen LogP contribution in [-0.4, -0.2) is 12.6 Å². The van der Waals surface area contributed by atoms with E-state index in [1.165, 1.54) is 4.88 Å². The third kappa shape index (κ3) is 1.68. The predicted octanol–water partition coefficient (Wildman–Crippen LogP) is 1.93. The maximum atomic E-state index is 5.86. The zero-order valence-electron chi connectivity index (χ0n) is 6.90. The third-order valence-corrected chi connectivity index (χ3v) is 3.15. The lowest BCUT2D eigenvalue weighted by molar-refractivity contribution is 0.00886. The van der Waals surface area contributed by atoms with Crippen LogP contribution in [0, 0.1) is 0 Å². The summed E-state index contributed by atoms with van der Waals surface area (Å²) in [6, 6.07) is 4.50. The molecule has 0 bridgehead atoms. The Labute approximate surface area is 76.3 Å². The van der Waals surface area contributed by atoms with Crippen LogP contribution < -0.4 is 5.73 Å². The van der Waals surface area contributed by atoms with Crippen LogP contribution in [0.4, 0.5) is 0 Å². The van der Waals surface area contributed by atoms with Crippen molar-refractivity contribution in [3.63, 3.8) is 0 Å². The molecule has 12 heavy (non-hydrogen) atoms. The summed E-state index contributed by atoms with van der Waals surface area (Å²) in [5, 5.41) is 2.08. The van der Waals surface area contributed by atoms with Crippen molar-refractivity contribution < 1.29 is 4.74 Å². The van der Waals surface area contributed by atoms with Crippen molar-refractivity contribution in [3.05, 3.63) is 22.4 Å². The molecule has 0 radical (unpaired) electrons. The van der Waals surface area contributed by atoms with Gasteiger partial charge in [-0.3, -0.25) is 0 Å². The van der Waals surface area contributed by atoms with Gasteiger partial charge in [0.25, 0.3) is 0 Å². The van der Waals surface area contributed by atoms with Crippen LogP contribution in [-0.2, 0) is 4.74 Å². The Hall–Kier alpha value is -0.380. The van der Waals surface area contributed by atoms with Crippen molar-refractivity contribution in [2.24, 2.45) is 5.73 Å². The van der Waals surface area contributed by atoms with E-state index in [2.05, 4.69) is 17.5 Å². The van der Waals surface area contributed by atoms with Crippen LogP contribution in [0.2, 0.25) is 0 Å². The van der Waals surface area contributed by atoms with E-state index in [4.69, 9.17) is 10.5 Å². The summed E-state index contributed by atoms with van der Waals surface area (Å²) in [4.78, 5) is 1.31. The van der Waals surface area contributed by atoms with E-state index < -0.39 is 0 Å². The maximum Gasteiger partial charge on any atom is 0.0931 e. The van der Waals surface area contributed by atoms with Crippen molar-refractivity contribution >= 4 is 11.3 Å². The van der Waals surface area contributed by atoms with Crippen LogP contribution in [0.25, 0.3) is 0 Å². The number of hydrogen-bond donors (Lipinski definition) is 1. The van der Waals surface area contributed by atoms with Gasteiger partial charge in [-0.25, -0.2) is 0 Å². The smallest absolute Gasteiger partial charge is 0.0931 e. The molecule has 3 heteroatoms. The quantitative estimate of drug-likeness (QED) is 0.722. The molecule has 0 spiro atoms. The second kappa shape index (κ2) is 3.56. The fraction of sp³-hybridized carbons (Fsp3) is 0.556. The van der Waals surface area contributed by atoms with Crippen molar-refractivity contribution in [1.29, 1.82) is 0 Å². The van der Waals surface area contributed by atoms with Crippen LogP contribution >= 0.6 is 11.3 Å². The second-order valence-corrected chi connectivity index (χ2v) is 4.14. The Kier molecular flexibility index (Phi) is 2.44. The number of thiophene rings is 1. The molecule has 1 aliphatic rings. The van der Waals surface area contributed by atoms with E-state index in [1.54, 1.807) is 11.3 Å². The molecular formula is C9H13NOS. The van der Waals surface area contributed by atoms with Crippen LogP contribution in [0.1, 0.15) is 23.8 Å². The second-order valence-electron chi connectivity index (χ2n) is 3.16. The van der Waals surface area contributed by atoms with Gasteiger partial charge < -0.3 is 10.5 Å². The van der Waals surface area contributed by atoms with Crippen molar-refractivity contribution in [2.45, 2.75) is 25.0 Å². The average Bonchev–Trinajstić information content (AvgIpc) is 2.56. The van der Waals surface area contributed by atoms with E-state index in [9.17, 15) is 0 Å². The van der Waals surface area contributed by atoms with Crippen LogP contribution in [0.5, 0.6) is 0 Å². The van der Waals surface area contributed by atoms with E-state index >= 15 is 0 Å². The first-order chi connectivity index (χ1) is 5.86. The largest absolute Gasteiger partial charge is 0.373 e. The molecule has 2 heterocycles. The molecule has 0 aromatic carbocycles. The first-order valence-corrected chi connectivity index (χ1v) is 5.15. The zero-order valence-corrected chi connectivity index (χ0v) is 7.72. The zero-order chi connectivity index (χ0) is 8.39. The molecule has 1 fully saturated rings. The molecular weight excluding hydrogens is 170 g/mol. The van der Waals surface area contributed by atoms with Gasteiger partial charge in [-0.2, -0.15) is 0 Å². The fourth-order valence-corrected chi connectivity index (χ4v) is 2.28. The number of rotatable bonds is 1. The van der Waals surface area contributed by atoms with Gasteiger partial charge in [0.2, 0.25) is 0 Å². The lowest BCUT2D eigenvalue weighted by Gasteiger charge is -2.26. The summed E-state index contributed by atoms with van der Waals surface area (Å²) < 4.78 is 5.62. The van der Waals surface area contributed by atoms with Crippen molar-refractivity contribution in [3.8, 4) is 0 Å². The molecule has 2 nitrogen and oxygen atoms in total. The average molecular weight is 183 g/mol. The molecule has 1 aliphatic heterocycles. The molecule has 1 aromatic heterocycles. The Morgan fingerprint density at radius 1 is 1.58 bits per heavy atom. The van der Waals surface area contributed by atoms with Gasteiger partial charge in [0.15, 0.2) is 0 Å². The molecule has 2 N–H and O–H groups in total. The minimum atomic E-state index is 0.258. The summed E-state index contributed by atoms with van der Waals surface area (Å²) in [5.74, 6) is 0. The van der Waals surface area contributed by atoms with Gasteiger partial charge >= 0.3 is 0 Å². The lowest BCUT2D eigenvalue weighted by atomic mass is 10.0. The lowest BCUT2D eigenvalue weighted by Crippen LogP contribution is -2.30. The summed E-state index contributed by atoms with van der Waals surface area (Å²) in [6.07, 6.45) is 2.23. The Morgan fingerprint density at radius 2 is 2.50 bits per heavy atom.